The van der Waals surface area contributed by atoms with Crippen molar-refractivity contribution in [1.29, 1.82) is 0 Å². The molecule has 4 aromatic rings. The minimum Gasteiger partial charge on any atom is -0.493 e. The lowest BCUT2D eigenvalue weighted by Gasteiger charge is -2.24. The number of methoxy groups -OCH3 is 1. The number of rotatable bonds is 11. The van der Waals surface area contributed by atoms with Gasteiger partial charge in [-0.25, -0.2) is 13.8 Å². The van der Waals surface area contributed by atoms with Gasteiger partial charge in [0.25, 0.3) is 15.9 Å². The second-order valence-corrected chi connectivity index (χ2v) is 11.7. The van der Waals surface area contributed by atoms with Crippen LogP contribution in [0.1, 0.15) is 16.7 Å². The maximum atomic E-state index is 13.5. The van der Waals surface area contributed by atoms with E-state index in [1.165, 1.54) is 43.7 Å². The molecule has 0 unspecified atom stereocenters. The molecular weight excluding hydrogens is 585 g/mol. The highest BCUT2D eigenvalue weighted by atomic mass is 35.5. The highest BCUT2D eigenvalue weighted by molar-refractivity contribution is 7.92. The van der Waals surface area contributed by atoms with Gasteiger partial charge in [0.2, 0.25) is 0 Å². The minimum atomic E-state index is -4.14. The van der Waals surface area contributed by atoms with Crippen LogP contribution < -0.4 is 19.2 Å². The molecule has 11 heteroatoms. The molecule has 1 N–H and O–H groups in total. The number of sulfonamides is 1. The zero-order chi connectivity index (χ0) is 29.4. The van der Waals surface area contributed by atoms with Crippen molar-refractivity contribution in [2.45, 2.75) is 18.4 Å². The number of amides is 1. The van der Waals surface area contributed by atoms with Crippen molar-refractivity contribution in [1.82, 2.24) is 5.43 Å². The third-order valence-corrected chi connectivity index (χ3v) is 8.08. The summed E-state index contributed by atoms with van der Waals surface area (Å²) in [5, 5.41) is 4.44. The second kappa shape index (κ2) is 13.5. The third kappa shape index (κ3) is 8.00. The number of ether oxygens (including phenoxy) is 2. The van der Waals surface area contributed by atoms with Gasteiger partial charge in [-0.3, -0.25) is 9.10 Å². The van der Waals surface area contributed by atoms with Crippen LogP contribution in [0.25, 0.3) is 0 Å². The van der Waals surface area contributed by atoms with Crippen molar-refractivity contribution < 1.29 is 22.7 Å². The Morgan fingerprint density at radius 1 is 0.927 bits per heavy atom. The molecule has 0 aliphatic heterocycles. The van der Waals surface area contributed by atoms with Gasteiger partial charge >= 0.3 is 0 Å². The smallest absolute Gasteiger partial charge is 0.264 e. The lowest BCUT2D eigenvalue weighted by Crippen LogP contribution is -2.39. The Morgan fingerprint density at radius 2 is 1.61 bits per heavy atom. The van der Waals surface area contributed by atoms with Gasteiger partial charge < -0.3 is 9.47 Å². The van der Waals surface area contributed by atoms with Gasteiger partial charge in [0.15, 0.2) is 11.5 Å². The molecular formula is C30H27Cl2N3O5S. The van der Waals surface area contributed by atoms with E-state index in [1.54, 1.807) is 30.3 Å². The maximum Gasteiger partial charge on any atom is 0.264 e. The second-order valence-electron chi connectivity index (χ2n) is 8.93. The summed E-state index contributed by atoms with van der Waals surface area (Å²) in [6.07, 6.45) is 1.41. The van der Waals surface area contributed by atoms with Crippen LogP contribution >= 0.6 is 23.2 Å². The van der Waals surface area contributed by atoms with Crippen molar-refractivity contribution in [3.8, 4) is 11.5 Å². The zero-order valence-corrected chi connectivity index (χ0v) is 24.6. The molecule has 4 aromatic carbocycles. The number of carbonyl (C=O) groups excluding carboxylic acids is 1. The number of benzene rings is 4. The summed E-state index contributed by atoms with van der Waals surface area (Å²) in [7, 11) is -2.62. The predicted molar refractivity (Wildman–Crippen MR) is 162 cm³/mol. The number of hydrazone groups is 1. The zero-order valence-electron chi connectivity index (χ0n) is 22.3. The summed E-state index contributed by atoms with van der Waals surface area (Å²) in [4.78, 5) is 12.9. The molecule has 0 bridgehead atoms. The van der Waals surface area contributed by atoms with Crippen LogP contribution in [0.3, 0.4) is 0 Å². The Kier molecular flexibility index (Phi) is 9.88. The molecule has 0 aliphatic rings. The molecule has 0 saturated carbocycles. The molecule has 0 aliphatic carbocycles. The largest absolute Gasteiger partial charge is 0.493 e. The van der Waals surface area contributed by atoms with E-state index in [9.17, 15) is 13.2 Å². The van der Waals surface area contributed by atoms with Crippen LogP contribution in [-0.4, -0.2) is 34.2 Å². The Hall–Kier alpha value is -4.05. The summed E-state index contributed by atoms with van der Waals surface area (Å²) in [5.74, 6) is 0.363. The summed E-state index contributed by atoms with van der Waals surface area (Å²) < 4.78 is 39.3. The highest BCUT2D eigenvalue weighted by Gasteiger charge is 2.27. The van der Waals surface area contributed by atoms with E-state index in [2.05, 4.69) is 10.5 Å². The molecule has 4 rings (SSSR count). The Bertz CT molecular complexity index is 1630. The van der Waals surface area contributed by atoms with Gasteiger partial charge in [-0.15, -0.1) is 0 Å². The van der Waals surface area contributed by atoms with Crippen LogP contribution in [0, 0.1) is 6.92 Å². The molecule has 0 fully saturated rings. The Morgan fingerprint density at radius 3 is 2.27 bits per heavy atom. The Labute approximate surface area is 249 Å². The molecule has 0 saturated heterocycles. The highest BCUT2D eigenvalue weighted by Crippen LogP contribution is 2.30. The number of anilines is 1. The molecule has 1 amide bonds. The molecule has 8 nitrogen and oxygen atoms in total. The lowest BCUT2D eigenvalue weighted by molar-refractivity contribution is -0.119. The molecule has 41 heavy (non-hydrogen) atoms. The number of nitrogens with one attached hydrogen (secondary N) is 1. The Balaban J connectivity index is 1.48. The van der Waals surface area contributed by atoms with Crippen molar-refractivity contribution in [2.24, 2.45) is 5.10 Å². The number of hydrogen-bond donors (Lipinski definition) is 1. The van der Waals surface area contributed by atoms with Crippen molar-refractivity contribution in [3.05, 3.63) is 118 Å². The van der Waals surface area contributed by atoms with Crippen molar-refractivity contribution >= 4 is 51.0 Å². The first-order valence-electron chi connectivity index (χ1n) is 12.4. The van der Waals surface area contributed by atoms with E-state index in [-0.39, 0.29) is 20.6 Å². The van der Waals surface area contributed by atoms with E-state index in [0.717, 1.165) is 15.4 Å². The summed E-state index contributed by atoms with van der Waals surface area (Å²) in [6.45, 7) is 1.65. The third-order valence-electron chi connectivity index (χ3n) is 5.86. The average Bonchev–Trinajstić information content (AvgIpc) is 2.95. The van der Waals surface area contributed by atoms with Gasteiger partial charge in [-0.05, 0) is 66.6 Å². The van der Waals surface area contributed by atoms with E-state index >= 15 is 0 Å². The molecule has 0 heterocycles. The first-order valence-corrected chi connectivity index (χ1v) is 14.6. The topological polar surface area (TPSA) is 97.3 Å². The van der Waals surface area contributed by atoms with Crippen LogP contribution in [0.4, 0.5) is 5.69 Å². The minimum absolute atomic E-state index is 0.0113. The lowest BCUT2D eigenvalue weighted by atomic mass is 10.2. The molecule has 0 spiro atoms. The standard InChI is InChI=1S/C30H27Cl2N3O5S/c1-21-8-11-27(12-9-21)41(37,38)35(26-16-24(31)15-25(32)17-26)19-30(36)34-33-18-23-10-13-28(29(14-23)39-2)40-20-22-6-4-3-5-7-22/h3-18H,19-20H2,1-2H3,(H,34,36)/b33-18-. The summed E-state index contributed by atoms with van der Waals surface area (Å²) in [6, 6.07) is 25.5. The molecule has 212 valence electrons. The quantitative estimate of drug-likeness (QED) is 0.160. The van der Waals surface area contributed by atoms with Crippen LogP contribution in [0.15, 0.2) is 101 Å². The molecule has 0 aromatic heterocycles. The summed E-state index contributed by atoms with van der Waals surface area (Å²) >= 11 is 12.3. The van der Waals surface area contributed by atoms with E-state index in [4.69, 9.17) is 32.7 Å². The van der Waals surface area contributed by atoms with E-state index in [1.807, 2.05) is 37.3 Å². The van der Waals surface area contributed by atoms with Gasteiger partial charge in [-0.1, -0.05) is 71.2 Å². The average molecular weight is 613 g/mol. The van der Waals surface area contributed by atoms with E-state index in [0.29, 0.717) is 23.7 Å². The number of hydrogen-bond acceptors (Lipinski definition) is 6. The van der Waals surface area contributed by atoms with Gasteiger partial charge in [0, 0.05) is 10.0 Å². The molecule has 0 radical (unpaired) electrons. The van der Waals surface area contributed by atoms with Gasteiger partial charge in [0.1, 0.15) is 13.2 Å². The van der Waals surface area contributed by atoms with Gasteiger partial charge in [-0.2, -0.15) is 5.10 Å². The summed E-state index contributed by atoms with van der Waals surface area (Å²) in [5.41, 5.74) is 5.05. The monoisotopic (exact) mass is 611 g/mol. The van der Waals surface area contributed by atoms with E-state index < -0.39 is 22.5 Å². The first-order chi connectivity index (χ1) is 19.7. The normalized spacial score (nSPS) is 11.3. The fourth-order valence-electron chi connectivity index (χ4n) is 3.80. The van der Waals surface area contributed by atoms with Crippen molar-refractivity contribution in [2.75, 3.05) is 18.0 Å². The molecule has 0 atom stereocenters. The first kappa shape index (κ1) is 29.9. The van der Waals surface area contributed by atoms with Gasteiger partial charge in [0.05, 0.1) is 23.9 Å². The van der Waals surface area contributed by atoms with Crippen LogP contribution in [0.5, 0.6) is 11.5 Å². The fourth-order valence-corrected chi connectivity index (χ4v) is 5.72. The van der Waals surface area contributed by atoms with Crippen molar-refractivity contribution in [3.63, 3.8) is 0 Å². The number of carbonyl (C=O) groups is 1. The predicted octanol–water partition coefficient (Wildman–Crippen LogP) is 6.24. The SMILES string of the molecule is COc1cc(/C=N\NC(=O)CN(c2cc(Cl)cc(Cl)c2)S(=O)(=O)c2ccc(C)cc2)ccc1OCc1ccccc1. The number of halogens is 2. The number of nitrogens with zero attached hydrogens (tertiary/aromatic N) is 2. The van der Waals surface area contributed by atoms with Crippen LogP contribution in [-0.2, 0) is 21.4 Å². The fraction of sp³-hybridized carbons (Fsp3) is 0.133. The van der Waals surface area contributed by atoms with Crippen LogP contribution in [0.2, 0.25) is 10.0 Å². The maximum absolute atomic E-state index is 13.5. The number of aryl methyl sites for hydroxylation is 1.